The number of ether oxygens (including phenoxy) is 2. The highest BCUT2D eigenvalue weighted by Crippen LogP contribution is 2.15. The second-order valence-corrected chi connectivity index (χ2v) is 4.59. The van der Waals surface area contributed by atoms with Gasteiger partial charge in [0.05, 0.1) is 25.4 Å². The minimum absolute atomic E-state index is 0.0597. The Morgan fingerprint density at radius 1 is 1.37 bits per heavy atom. The standard InChI is InChI=1S/C14H22FNO3/c1-10-4-5-12(15)6-14(10)16-7-13(17)9-19-11(2)8-18-3/h4-6,11,13,16-17H,7-9H2,1-3H3. The summed E-state index contributed by atoms with van der Waals surface area (Å²) in [7, 11) is 1.60. The van der Waals surface area contributed by atoms with Crippen molar-refractivity contribution >= 4 is 5.69 Å². The molecule has 2 N–H and O–H groups in total. The molecule has 0 amide bonds. The van der Waals surface area contributed by atoms with Gasteiger partial charge in [-0.3, -0.25) is 0 Å². The highest BCUT2D eigenvalue weighted by Gasteiger charge is 2.09. The summed E-state index contributed by atoms with van der Waals surface area (Å²) < 4.78 is 23.4. The Hall–Kier alpha value is -1.17. The van der Waals surface area contributed by atoms with Gasteiger partial charge in [-0.25, -0.2) is 4.39 Å². The lowest BCUT2D eigenvalue weighted by molar-refractivity contribution is -0.0282. The molecule has 2 unspecified atom stereocenters. The van der Waals surface area contributed by atoms with E-state index < -0.39 is 6.10 Å². The van der Waals surface area contributed by atoms with Crippen LogP contribution in [0, 0.1) is 12.7 Å². The van der Waals surface area contributed by atoms with Gasteiger partial charge in [0.1, 0.15) is 5.82 Å². The molecule has 1 aromatic rings. The van der Waals surface area contributed by atoms with Gasteiger partial charge in [-0.15, -0.1) is 0 Å². The maximum atomic E-state index is 13.1. The van der Waals surface area contributed by atoms with Crippen molar-refractivity contribution in [3.63, 3.8) is 0 Å². The molecular weight excluding hydrogens is 249 g/mol. The molecule has 0 aliphatic carbocycles. The summed E-state index contributed by atoms with van der Waals surface area (Å²) in [5.74, 6) is -0.299. The average Bonchev–Trinajstić information content (AvgIpc) is 2.38. The van der Waals surface area contributed by atoms with Crippen LogP contribution in [0.4, 0.5) is 10.1 Å². The van der Waals surface area contributed by atoms with E-state index in [-0.39, 0.29) is 18.5 Å². The third-order valence-corrected chi connectivity index (χ3v) is 2.70. The van der Waals surface area contributed by atoms with Crippen molar-refractivity contribution in [3.8, 4) is 0 Å². The number of rotatable bonds is 8. The van der Waals surface area contributed by atoms with Crippen LogP contribution in [0.1, 0.15) is 12.5 Å². The second kappa shape index (κ2) is 8.09. The minimum atomic E-state index is -0.651. The van der Waals surface area contributed by atoms with Crippen LogP contribution in [-0.2, 0) is 9.47 Å². The minimum Gasteiger partial charge on any atom is -0.389 e. The van der Waals surface area contributed by atoms with Crippen molar-refractivity contribution in [2.45, 2.75) is 26.1 Å². The van der Waals surface area contributed by atoms with E-state index in [9.17, 15) is 9.50 Å². The van der Waals surface area contributed by atoms with Crippen LogP contribution in [0.3, 0.4) is 0 Å². The monoisotopic (exact) mass is 271 g/mol. The number of aliphatic hydroxyl groups excluding tert-OH is 1. The number of benzene rings is 1. The Balaban J connectivity index is 2.33. The highest BCUT2D eigenvalue weighted by molar-refractivity contribution is 5.50. The SMILES string of the molecule is COCC(C)OCC(O)CNc1cc(F)ccc1C. The first-order valence-electron chi connectivity index (χ1n) is 6.31. The first-order valence-corrected chi connectivity index (χ1v) is 6.31. The van der Waals surface area contributed by atoms with E-state index in [0.717, 1.165) is 5.56 Å². The molecule has 0 fully saturated rings. The van der Waals surface area contributed by atoms with Crippen LogP contribution in [0.25, 0.3) is 0 Å². The van der Waals surface area contributed by atoms with Gasteiger partial charge in [-0.05, 0) is 31.5 Å². The molecule has 108 valence electrons. The van der Waals surface area contributed by atoms with Crippen molar-refractivity contribution in [1.82, 2.24) is 0 Å². The lowest BCUT2D eigenvalue weighted by atomic mass is 10.2. The van der Waals surface area contributed by atoms with E-state index in [2.05, 4.69) is 5.32 Å². The number of nitrogens with one attached hydrogen (secondary N) is 1. The molecule has 0 spiro atoms. The summed E-state index contributed by atoms with van der Waals surface area (Å²) in [4.78, 5) is 0. The van der Waals surface area contributed by atoms with Gasteiger partial charge < -0.3 is 19.9 Å². The molecule has 1 aromatic carbocycles. The zero-order valence-electron chi connectivity index (χ0n) is 11.6. The number of hydrogen-bond acceptors (Lipinski definition) is 4. The number of methoxy groups -OCH3 is 1. The lowest BCUT2D eigenvalue weighted by Crippen LogP contribution is -2.28. The fourth-order valence-corrected chi connectivity index (χ4v) is 1.63. The van der Waals surface area contributed by atoms with Crippen LogP contribution in [0.2, 0.25) is 0 Å². The van der Waals surface area contributed by atoms with E-state index in [1.807, 2.05) is 13.8 Å². The molecule has 0 radical (unpaired) electrons. The first kappa shape index (κ1) is 15.9. The topological polar surface area (TPSA) is 50.7 Å². The summed E-state index contributed by atoms with van der Waals surface area (Å²) in [6.45, 7) is 4.77. The highest BCUT2D eigenvalue weighted by atomic mass is 19.1. The Morgan fingerprint density at radius 3 is 2.79 bits per heavy atom. The largest absolute Gasteiger partial charge is 0.389 e. The van der Waals surface area contributed by atoms with Crippen molar-refractivity contribution in [2.75, 3.05) is 32.2 Å². The van der Waals surface area contributed by atoms with Crippen LogP contribution < -0.4 is 5.32 Å². The fourth-order valence-electron chi connectivity index (χ4n) is 1.63. The van der Waals surface area contributed by atoms with Crippen LogP contribution >= 0.6 is 0 Å². The van der Waals surface area contributed by atoms with E-state index in [1.54, 1.807) is 13.2 Å². The normalized spacial score (nSPS) is 14.2. The van der Waals surface area contributed by atoms with E-state index in [4.69, 9.17) is 9.47 Å². The fraction of sp³-hybridized carbons (Fsp3) is 0.571. The molecule has 0 saturated carbocycles. The zero-order chi connectivity index (χ0) is 14.3. The van der Waals surface area contributed by atoms with Crippen molar-refractivity contribution < 1.29 is 19.0 Å². The van der Waals surface area contributed by atoms with E-state index in [0.29, 0.717) is 18.8 Å². The predicted octanol–water partition coefficient (Wildman–Crippen LogP) is 1.96. The summed E-state index contributed by atoms with van der Waals surface area (Å²) in [5.41, 5.74) is 1.62. The zero-order valence-corrected chi connectivity index (χ0v) is 11.6. The second-order valence-electron chi connectivity index (χ2n) is 4.59. The molecule has 0 aromatic heterocycles. The number of anilines is 1. The third-order valence-electron chi connectivity index (χ3n) is 2.70. The predicted molar refractivity (Wildman–Crippen MR) is 72.9 cm³/mol. The van der Waals surface area contributed by atoms with Gasteiger partial charge >= 0.3 is 0 Å². The lowest BCUT2D eigenvalue weighted by Gasteiger charge is -2.17. The van der Waals surface area contributed by atoms with E-state index in [1.165, 1.54) is 12.1 Å². The van der Waals surface area contributed by atoms with Gasteiger partial charge in [0.2, 0.25) is 0 Å². The number of aliphatic hydroxyl groups is 1. The van der Waals surface area contributed by atoms with Gasteiger partial charge in [0, 0.05) is 19.3 Å². The molecule has 0 heterocycles. The number of aryl methyl sites for hydroxylation is 1. The Morgan fingerprint density at radius 2 is 2.11 bits per heavy atom. The molecule has 0 bridgehead atoms. The van der Waals surface area contributed by atoms with Gasteiger partial charge in [0.15, 0.2) is 0 Å². The smallest absolute Gasteiger partial charge is 0.125 e. The molecule has 19 heavy (non-hydrogen) atoms. The molecule has 4 nitrogen and oxygen atoms in total. The van der Waals surface area contributed by atoms with E-state index >= 15 is 0 Å². The molecule has 0 aliphatic rings. The molecule has 1 rings (SSSR count). The maximum absolute atomic E-state index is 13.1. The number of halogens is 1. The summed E-state index contributed by atoms with van der Waals surface area (Å²) in [6, 6.07) is 4.52. The Kier molecular flexibility index (Phi) is 6.77. The molecule has 0 aliphatic heterocycles. The summed E-state index contributed by atoms with van der Waals surface area (Å²) >= 11 is 0. The molecule has 5 heteroatoms. The van der Waals surface area contributed by atoms with Gasteiger partial charge in [-0.1, -0.05) is 6.07 Å². The van der Waals surface area contributed by atoms with Crippen molar-refractivity contribution in [3.05, 3.63) is 29.6 Å². The Labute approximate surface area is 113 Å². The van der Waals surface area contributed by atoms with Crippen LogP contribution in [-0.4, -0.2) is 44.2 Å². The summed E-state index contributed by atoms with van der Waals surface area (Å²) in [5, 5.41) is 12.8. The maximum Gasteiger partial charge on any atom is 0.125 e. The first-order chi connectivity index (χ1) is 9.02. The van der Waals surface area contributed by atoms with Crippen molar-refractivity contribution in [2.24, 2.45) is 0 Å². The van der Waals surface area contributed by atoms with Crippen molar-refractivity contribution in [1.29, 1.82) is 0 Å². The third kappa shape index (κ3) is 6.00. The Bertz CT molecular complexity index is 387. The molecule has 0 saturated heterocycles. The van der Waals surface area contributed by atoms with Gasteiger partial charge in [0.25, 0.3) is 0 Å². The molecule has 2 atom stereocenters. The van der Waals surface area contributed by atoms with Crippen LogP contribution in [0.15, 0.2) is 18.2 Å². The summed E-state index contributed by atoms with van der Waals surface area (Å²) in [6.07, 6.45) is -0.711. The number of hydrogen-bond donors (Lipinski definition) is 2. The quantitative estimate of drug-likeness (QED) is 0.759. The van der Waals surface area contributed by atoms with Gasteiger partial charge in [-0.2, -0.15) is 0 Å². The average molecular weight is 271 g/mol. The van der Waals surface area contributed by atoms with Crippen LogP contribution in [0.5, 0.6) is 0 Å². The molecular formula is C14H22FNO3.